The molecule has 1 aliphatic carbocycles. The van der Waals surface area contributed by atoms with Gasteiger partial charge in [-0.2, -0.15) is 11.8 Å². The van der Waals surface area contributed by atoms with Crippen LogP contribution in [0.5, 0.6) is 0 Å². The standard InChI is InChI=1S/C9H17NO2S/c1-13-9(2-3-9)6-10-7-4-12-5-8(7)11/h7-8,10-11H,2-6H2,1H3. The third kappa shape index (κ3) is 2.18. The molecule has 76 valence electrons. The van der Waals surface area contributed by atoms with Crippen molar-refractivity contribution in [3.05, 3.63) is 0 Å². The third-order valence-electron chi connectivity index (χ3n) is 2.98. The summed E-state index contributed by atoms with van der Waals surface area (Å²) in [6.07, 6.45) is 4.48. The average Bonchev–Trinajstić information content (AvgIpc) is 2.82. The van der Waals surface area contributed by atoms with Gasteiger partial charge in [0.15, 0.2) is 0 Å². The summed E-state index contributed by atoms with van der Waals surface area (Å²) >= 11 is 1.94. The largest absolute Gasteiger partial charge is 0.389 e. The molecule has 0 spiro atoms. The predicted molar refractivity (Wildman–Crippen MR) is 54.1 cm³/mol. The van der Waals surface area contributed by atoms with E-state index in [4.69, 9.17) is 4.74 Å². The molecular formula is C9H17NO2S. The van der Waals surface area contributed by atoms with E-state index in [-0.39, 0.29) is 12.1 Å². The second-order valence-electron chi connectivity index (χ2n) is 3.98. The summed E-state index contributed by atoms with van der Waals surface area (Å²) in [4.78, 5) is 0. The maximum Gasteiger partial charge on any atom is 0.0948 e. The van der Waals surface area contributed by atoms with Crippen molar-refractivity contribution in [2.75, 3.05) is 26.0 Å². The molecule has 13 heavy (non-hydrogen) atoms. The molecule has 0 aromatic carbocycles. The molecule has 4 heteroatoms. The highest BCUT2D eigenvalue weighted by Crippen LogP contribution is 2.46. The molecule has 2 atom stereocenters. The monoisotopic (exact) mass is 203 g/mol. The van der Waals surface area contributed by atoms with Crippen molar-refractivity contribution >= 4 is 11.8 Å². The highest BCUT2D eigenvalue weighted by atomic mass is 32.2. The minimum absolute atomic E-state index is 0.157. The molecule has 1 heterocycles. The van der Waals surface area contributed by atoms with E-state index in [1.54, 1.807) is 0 Å². The number of nitrogens with one attached hydrogen (secondary N) is 1. The lowest BCUT2D eigenvalue weighted by Crippen LogP contribution is -2.42. The summed E-state index contributed by atoms with van der Waals surface area (Å²) in [5.41, 5.74) is 0. The highest BCUT2D eigenvalue weighted by Gasteiger charge is 2.42. The Morgan fingerprint density at radius 2 is 2.31 bits per heavy atom. The molecule has 1 saturated carbocycles. The fraction of sp³-hybridized carbons (Fsp3) is 1.00. The van der Waals surface area contributed by atoms with Crippen LogP contribution in [0.1, 0.15) is 12.8 Å². The van der Waals surface area contributed by atoms with E-state index in [0.717, 1.165) is 6.54 Å². The summed E-state index contributed by atoms with van der Waals surface area (Å²) in [7, 11) is 0. The molecule has 2 rings (SSSR count). The Bertz CT molecular complexity index is 184. The molecule has 2 aliphatic rings. The Hall–Kier alpha value is 0.230. The van der Waals surface area contributed by atoms with Gasteiger partial charge >= 0.3 is 0 Å². The fourth-order valence-corrected chi connectivity index (χ4v) is 2.39. The molecule has 0 aromatic rings. The first kappa shape index (κ1) is 9.77. The van der Waals surface area contributed by atoms with Crippen LogP contribution in [0.4, 0.5) is 0 Å². The summed E-state index contributed by atoms with van der Waals surface area (Å²) in [6, 6.07) is 0.157. The van der Waals surface area contributed by atoms with Crippen LogP contribution in [-0.2, 0) is 4.74 Å². The molecule has 0 bridgehead atoms. The van der Waals surface area contributed by atoms with Gasteiger partial charge in [0.1, 0.15) is 0 Å². The molecule has 0 radical (unpaired) electrons. The van der Waals surface area contributed by atoms with Gasteiger partial charge in [-0.15, -0.1) is 0 Å². The number of ether oxygens (including phenoxy) is 1. The van der Waals surface area contributed by atoms with Crippen LogP contribution >= 0.6 is 11.8 Å². The Morgan fingerprint density at radius 3 is 2.77 bits per heavy atom. The predicted octanol–water partition coefficient (Wildman–Crippen LogP) is 0.231. The number of hydrogen-bond acceptors (Lipinski definition) is 4. The summed E-state index contributed by atoms with van der Waals surface area (Å²) < 4.78 is 5.64. The topological polar surface area (TPSA) is 41.5 Å². The molecule has 3 nitrogen and oxygen atoms in total. The first-order valence-electron chi connectivity index (χ1n) is 4.80. The minimum Gasteiger partial charge on any atom is -0.389 e. The van der Waals surface area contributed by atoms with E-state index < -0.39 is 0 Å². The highest BCUT2D eigenvalue weighted by molar-refractivity contribution is 8.00. The summed E-state index contributed by atoms with van der Waals surface area (Å²) in [6.45, 7) is 2.16. The van der Waals surface area contributed by atoms with E-state index in [9.17, 15) is 5.11 Å². The van der Waals surface area contributed by atoms with Crippen LogP contribution in [0.3, 0.4) is 0 Å². The van der Waals surface area contributed by atoms with Crippen LogP contribution < -0.4 is 5.32 Å². The SMILES string of the molecule is CSC1(CNC2COCC2O)CC1. The average molecular weight is 203 g/mol. The van der Waals surface area contributed by atoms with Crippen LogP contribution in [-0.4, -0.2) is 48.0 Å². The van der Waals surface area contributed by atoms with Gasteiger partial charge in [0, 0.05) is 11.3 Å². The molecule has 1 saturated heterocycles. The first-order valence-corrected chi connectivity index (χ1v) is 6.03. The van der Waals surface area contributed by atoms with Crippen molar-refractivity contribution in [3.8, 4) is 0 Å². The molecule has 2 N–H and O–H groups in total. The maximum absolute atomic E-state index is 9.48. The van der Waals surface area contributed by atoms with Crippen molar-refractivity contribution in [3.63, 3.8) is 0 Å². The van der Waals surface area contributed by atoms with Crippen molar-refractivity contribution < 1.29 is 9.84 Å². The lowest BCUT2D eigenvalue weighted by atomic mass is 10.2. The quantitative estimate of drug-likeness (QED) is 0.686. The van der Waals surface area contributed by atoms with Crippen molar-refractivity contribution in [2.45, 2.75) is 29.7 Å². The second kappa shape index (κ2) is 3.77. The second-order valence-corrected chi connectivity index (χ2v) is 5.25. The van der Waals surface area contributed by atoms with Gasteiger partial charge in [0.25, 0.3) is 0 Å². The number of thioether (sulfide) groups is 1. The lowest BCUT2D eigenvalue weighted by molar-refractivity contribution is 0.122. The minimum atomic E-state index is -0.308. The van der Waals surface area contributed by atoms with E-state index in [1.807, 2.05) is 11.8 Å². The third-order valence-corrected chi connectivity index (χ3v) is 4.40. The zero-order valence-corrected chi connectivity index (χ0v) is 8.77. The summed E-state index contributed by atoms with van der Waals surface area (Å²) in [5, 5.41) is 12.9. The first-order chi connectivity index (χ1) is 6.26. The molecule has 0 amide bonds. The molecular weight excluding hydrogens is 186 g/mol. The van der Waals surface area contributed by atoms with Gasteiger partial charge in [-0.1, -0.05) is 0 Å². The van der Waals surface area contributed by atoms with Gasteiger partial charge in [0.05, 0.1) is 25.4 Å². The molecule has 2 unspecified atom stereocenters. The Morgan fingerprint density at radius 1 is 1.54 bits per heavy atom. The van der Waals surface area contributed by atoms with Gasteiger partial charge in [-0.3, -0.25) is 0 Å². The van der Waals surface area contributed by atoms with Crippen molar-refractivity contribution in [2.24, 2.45) is 0 Å². The summed E-state index contributed by atoms with van der Waals surface area (Å²) in [5.74, 6) is 0. The van der Waals surface area contributed by atoms with E-state index in [2.05, 4.69) is 11.6 Å². The zero-order chi connectivity index (χ0) is 9.31. The van der Waals surface area contributed by atoms with Crippen molar-refractivity contribution in [1.29, 1.82) is 0 Å². The fourth-order valence-electron chi connectivity index (χ4n) is 1.65. The zero-order valence-electron chi connectivity index (χ0n) is 7.95. The molecule has 0 aromatic heterocycles. The van der Waals surface area contributed by atoms with Gasteiger partial charge in [-0.05, 0) is 19.1 Å². The van der Waals surface area contributed by atoms with Crippen LogP contribution in [0, 0.1) is 0 Å². The van der Waals surface area contributed by atoms with Gasteiger partial charge in [-0.25, -0.2) is 0 Å². The maximum atomic E-state index is 9.48. The van der Waals surface area contributed by atoms with Crippen molar-refractivity contribution in [1.82, 2.24) is 5.32 Å². The number of aliphatic hydroxyl groups is 1. The van der Waals surface area contributed by atoms with Gasteiger partial charge in [0.2, 0.25) is 0 Å². The number of aliphatic hydroxyl groups excluding tert-OH is 1. The molecule has 1 aliphatic heterocycles. The smallest absolute Gasteiger partial charge is 0.0948 e. The number of hydrogen-bond donors (Lipinski definition) is 2. The Balaban J connectivity index is 1.73. The Labute approximate surface area is 83.2 Å². The van der Waals surface area contributed by atoms with E-state index in [0.29, 0.717) is 18.0 Å². The number of rotatable bonds is 4. The normalized spacial score (nSPS) is 36.5. The van der Waals surface area contributed by atoms with Crippen LogP contribution in [0.25, 0.3) is 0 Å². The van der Waals surface area contributed by atoms with Crippen LogP contribution in [0.15, 0.2) is 0 Å². The van der Waals surface area contributed by atoms with Gasteiger partial charge < -0.3 is 15.2 Å². The van der Waals surface area contributed by atoms with Crippen LogP contribution in [0.2, 0.25) is 0 Å². The van der Waals surface area contributed by atoms with E-state index >= 15 is 0 Å². The molecule has 2 fully saturated rings. The lowest BCUT2D eigenvalue weighted by Gasteiger charge is -2.18. The Kier molecular flexibility index (Phi) is 2.83. The van der Waals surface area contributed by atoms with E-state index in [1.165, 1.54) is 12.8 Å².